The zero-order valence-electron chi connectivity index (χ0n) is 16.0. The third kappa shape index (κ3) is 5.79. The Morgan fingerprint density at radius 3 is 2.19 bits per heavy atom. The summed E-state index contributed by atoms with van der Waals surface area (Å²) in [7, 11) is -3.65. The second kappa shape index (κ2) is 8.52. The van der Waals surface area contributed by atoms with E-state index in [0.29, 0.717) is 18.7 Å². The van der Waals surface area contributed by atoms with Gasteiger partial charge in [0.1, 0.15) is 11.9 Å². The van der Waals surface area contributed by atoms with Gasteiger partial charge in [0.15, 0.2) is 0 Å². The van der Waals surface area contributed by atoms with Gasteiger partial charge in [-0.15, -0.1) is 0 Å². The average molecular weight is 392 g/mol. The molecule has 0 spiro atoms. The monoisotopic (exact) mass is 392 g/mol. The minimum atomic E-state index is -3.65. The summed E-state index contributed by atoms with van der Waals surface area (Å²) < 4.78 is 38.7. The smallest absolute Gasteiger partial charge is 0.243 e. The van der Waals surface area contributed by atoms with Crippen molar-refractivity contribution in [3.63, 3.8) is 0 Å². The van der Waals surface area contributed by atoms with Crippen LogP contribution in [0.25, 0.3) is 0 Å². The van der Waals surface area contributed by atoms with Gasteiger partial charge in [0, 0.05) is 6.54 Å². The Bertz CT molecular complexity index is 891. The molecule has 0 fully saturated rings. The van der Waals surface area contributed by atoms with Crippen LogP contribution in [0.4, 0.5) is 10.1 Å². The molecular weight excluding hydrogens is 367 g/mol. The van der Waals surface area contributed by atoms with Crippen LogP contribution in [0.1, 0.15) is 23.6 Å². The van der Waals surface area contributed by atoms with Crippen molar-refractivity contribution in [2.24, 2.45) is 0 Å². The molecule has 5 nitrogen and oxygen atoms in total. The molecule has 7 heteroatoms. The third-order valence-corrected chi connectivity index (χ3v) is 5.42. The molecule has 27 heavy (non-hydrogen) atoms. The summed E-state index contributed by atoms with van der Waals surface area (Å²) in [5.41, 5.74) is 3.19. The topological polar surface area (TPSA) is 66.5 Å². The summed E-state index contributed by atoms with van der Waals surface area (Å²) >= 11 is 0. The van der Waals surface area contributed by atoms with Gasteiger partial charge in [-0.3, -0.25) is 9.10 Å². The highest BCUT2D eigenvalue weighted by atomic mass is 32.2. The molecule has 0 bridgehead atoms. The fourth-order valence-electron chi connectivity index (χ4n) is 3.02. The van der Waals surface area contributed by atoms with Crippen molar-refractivity contribution in [3.8, 4) is 0 Å². The number of benzene rings is 2. The van der Waals surface area contributed by atoms with E-state index in [1.54, 1.807) is 31.2 Å². The Kier molecular flexibility index (Phi) is 6.59. The Balaban J connectivity index is 2.11. The number of carbonyl (C=O) groups excluding carboxylic acids is 1. The highest BCUT2D eigenvalue weighted by Gasteiger charge is 2.29. The van der Waals surface area contributed by atoms with Crippen molar-refractivity contribution in [1.29, 1.82) is 0 Å². The van der Waals surface area contributed by atoms with E-state index in [-0.39, 0.29) is 11.7 Å². The Morgan fingerprint density at radius 1 is 1.11 bits per heavy atom. The number of nitrogens with one attached hydrogen (secondary N) is 1. The lowest BCUT2D eigenvalue weighted by molar-refractivity contribution is -0.121. The summed E-state index contributed by atoms with van der Waals surface area (Å²) in [5, 5.41) is 2.76. The maximum atomic E-state index is 12.9. The summed E-state index contributed by atoms with van der Waals surface area (Å²) in [6.07, 6.45) is 1.62. The predicted molar refractivity (Wildman–Crippen MR) is 106 cm³/mol. The second-order valence-electron chi connectivity index (χ2n) is 6.75. The molecule has 0 aliphatic rings. The molecule has 0 radical (unpaired) electrons. The zero-order chi connectivity index (χ0) is 20.2. The van der Waals surface area contributed by atoms with Gasteiger partial charge in [0.2, 0.25) is 15.9 Å². The van der Waals surface area contributed by atoms with Crippen molar-refractivity contribution >= 4 is 21.6 Å². The number of rotatable bonds is 7. The van der Waals surface area contributed by atoms with Crippen LogP contribution in [0, 0.1) is 19.7 Å². The maximum absolute atomic E-state index is 12.9. The maximum Gasteiger partial charge on any atom is 0.243 e. The summed E-state index contributed by atoms with van der Waals surface area (Å²) in [6.45, 7) is 5.65. The number of hydrogen-bond donors (Lipinski definition) is 1. The normalized spacial score (nSPS) is 12.5. The fraction of sp³-hybridized carbons (Fsp3) is 0.350. The second-order valence-corrected chi connectivity index (χ2v) is 8.61. The molecule has 2 aromatic carbocycles. The zero-order valence-corrected chi connectivity index (χ0v) is 16.8. The van der Waals surface area contributed by atoms with Crippen molar-refractivity contribution in [2.75, 3.05) is 17.1 Å². The summed E-state index contributed by atoms with van der Waals surface area (Å²) in [4.78, 5) is 12.5. The van der Waals surface area contributed by atoms with Gasteiger partial charge >= 0.3 is 0 Å². The first-order valence-corrected chi connectivity index (χ1v) is 10.5. The van der Waals surface area contributed by atoms with E-state index in [9.17, 15) is 17.6 Å². The van der Waals surface area contributed by atoms with Gasteiger partial charge in [0.25, 0.3) is 0 Å². The standard InChI is InChI=1S/C20H25FN2O3S/c1-14-11-15(2)13-19(12-14)23(27(4,25)26)16(3)20(24)22-10-9-17-5-7-18(21)8-6-17/h5-8,11-13,16H,9-10H2,1-4H3,(H,22,24). The van der Waals surface area contributed by atoms with Crippen LogP contribution in [0.5, 0.6) is 0 Å². The van der Waals surface area contributed by atoms with Crippen LogP contribution in [0.3, 0.4) is 0 Å². The van der Waals surface area contributed by atoms with E-state index in [1.807, 2.05) is 19.9 Å². The quantitative estimate of drug-likeness (QED) is 0.788. The van der Waals surface area contributed by atoms with Crippen LogP contribution in [-0.4, -0.2) is 33.2 Å². The lowest BCUT2D eigenvalue weighted by Gasteiger charge is -2.28. The first-order chi connectivity index (χ1) is 12.6. The molecule has 2 aromatic rings. The highest BCUT2D eigenvalue weighted by molar-refractivity contribution is 7.92. The molecule has 146 valence electrons. The number of amides is 1. The molecular formula is C20H25FN2O3S. The molecule has 0 saturated heterocycles. The van der Waals surface area contributed by atoms with Crippen LogP contribution >= 0.6 is 0 Å². The Morgan fingerprint density at radius 2 is 1.67 bits per heavy atom. The van der Waals surface area contributed by atoms with Gasteiger partial charge in [-0.1, -0.05) is 18.2 Å². The minimum Gasteiger partial charge on any atom is -0.354 e. The van der Waals surface area contributed by atoms with E-state index in [4.69, 9.17) is 0 Å². The van der Waals surface area contributed by atoms with Crippen molar-refractivity contribution in [3.05, 3.63) is 65.0 Å². The molecule has 0 aromatic heterocycles. The van der Waals surface area contributed by atoms with Gasteiger partial charge in [-0.2, -0.15) is 0 Å². The van der Waals surface area contributed by atoms with Gasteiger partial charge < -0.3 is 5.32 Å². The van der Waals surface area contributed by atoms with E-state index >= 15 is 0 Å². The van der Waals surface area contributed by atoms with Crippen molar-refractivity contribution in [1.82, 2.24) is 5.32 Å². The molecule has 1 atom stereocenters. The van der Waals surface area contributed by atoms with E-state index in [1.165, 1.54) is 12.1 Å². The third-order valence-electron chi connectivity index (χ3n) is 4.18. The Labute approximate surface area is 160 Å². The molecule has 0 heterocycles. The number of halogens is 1. The molecule has 1 amide bonds. The van der Waals surface area contributed by atoms with E-state index in [0.717, 1.165) is 27.3 Å². The number of anilines is 1. The predicted octanol–water partition coefficient (Wildman–Crippen LogP) is 2.96. The fourth-order valence-corrected chi connectivity index (χ4v) is 4.17. The van der Waals surface area contributed by atoms with Crippen molar-refractivity contribution in [2.45, 2.75) is 33.2 Å². The molecule has 0 aliphatic carbocycles. The average Bonchev–Trinajstić information content (AvgIpc) is 2.54. The van der Waals surface area contributed by atoms with E-state index in [2.05, 4.69) is 5.32 Å². The molecule has 1 N–H and O–H groups in total. The number of carbonyl (C=O) groups is 1. The number of hydrogen-bond acceptors (Lipinski definition) is 3. The first-order valence-electron chi connectivity index (χ1n) is 8.68. The first kappa shape index (κ1) is 20.9. The van der Waals surface area contributed by atoms with Crippen molar-refractivity contribution < 1.29 is 17.6 Å². The highest BCUT2D eigenvalue weighted by Crippen LogP contribution is 2.23. The van der Waals surface area contributed by atoms with Crippen LogP contribution in [-0.2, 0) is 21.2 Å². The lowest BCUT2D eigenvalue weighted by atomic mass is 10.1. The number of nitrogens with zero attached hydrogens (tertiary/aromatic N) is 1. The lowest BCUT2D eigenvalue weighted by Crippen LogP contribution is -2.48. The van der Waals surface area contributed by atoms with E-state index < -0.39 is 16.1 Å². The summed E-state index contributed by atoms with van der Waals surface area (Å²) in [5.74, 6) is -0.699. The van der Waals surface area contributed by atoms with Crippen LogP contribution < -0.4 is 9.62 Å². The largest absolute Gasteiger partial charge is 0.354 e. The van der Waals surface area contributed by atoms with Crippen LogP contribution in [0.2, 0.25) is 0 Å². The molecule has 0 aliphatic heterocycles. The van der Waals surface area contributed by atoms with Gasteiger partial charge in [0.05, 0.1) is 11.9 Å². The van der Waals surface area contributed by atoms with Crippen LogP contribution in [0.15, 0.2) is 42.5 Å². The SMILES string of the molecule is Cc1cc(C)cc(N(C(C)C(=O)NCCc2ccc(F)cc2)S(C)(=O)=O)c1. The number of sulfonamides is 1. The minimum absolute atomic E-state index is 0.311. The molecule has 0 saturated carbocycles. The number of aryl methyl sites for hydroxylation is 2. The van der Waals surface area contributed by atoms with Gasteiger partial charge in [-0.05, 0) is 68.1 Å². The van der Waals surface area contributed by atoms with Gasteiger partial charge in [-0.25, -0.2) is 12.8 Å². The molecule has 2 rings (SSSR count). The molecule has 1 unspecified atom stereocenters. The summed E-state index contributed by atoms with van der Waals surface area (Å²) in [6, 6.07) is 10.6. The Hall–Kier alpha value is -2.41.